The van der Waals surface area contributed by atoms with E-state index in [1.165, 1.54) is 5.56 Å². The first kappa shape index (κ1) is 17.5. The zero-order valence-electron chi connectivity index (χ0n) is 15.2. The molecule has 1 aliphatic heterocycles. The summed E-state index contributed by atoms with van der Waals surface area (Å²) in [5.41, 5.74) is 2.97. The van der Waals surface area contributed by atoms with Crippen LogP contribution in [-0.4, -0.2) is 36.2 Å². The standard InChI is InChI=1S/C21H26N2O2/c1-21(2,3)25-20(24)23-13-12-22-15-19(23)18-11-7-10-17(14-18)16-8-5-4-6-9-16/h4-11,14,19,22H,12-13,15H2,1-3H3. The minimum atomic E-state index is -0.488. The van der Waals surface area contributed by atoms with Gasteiger partial charge in [-0.25, -0.2) is 4.79 Å². The number of amides is 1. The van der Waals surface area contributed by atoms with Crippen LogP contribution in [0.1, 0.15) is 32.4 Å². The molecular formula is C21H26N2O2. The Morgan fingerprint density at radius 1 is 1.08 bits per heavy atom. The van der Waals surface area contributed by atoms with Gasteiger partial charge in [-0.05, 0) is 43.5 Å². The summed E-state index contributed by atoms with van der Waals surface area (Å²) >= 11 is 0. The van der Waals surface area contributed by atoms with E-state index in [2.05, 4.69) is 41.7 Å². The summed E-state index contributed by atoms with van der Waals surface area (Å²) in [7, 11) is 0. The van der Waals surface area contributed by atoms with Crippen LogP contribution in [0.15, 0.2) is 54.6 Å². The van der Waals surface area contributed by atoms with Crippen molar-refractivity contribution in [2.24, 2.45) is 0 Å². The molecule has 4 heteroatoms. The first-order valence-corrected chi connectivity index (χ1v) is 8.80. The Morgan fingerprint density at radius 2 is 1.80 bits per heavy atom. The Hall–Kier alpha value is -2.33. The quantitative estimate of drug-likeness (QED) is 0.891. The molecule has 1 fully saturated rings. The van der Waals surface area contributed by atoms with Crippen molar-refractivity contribution < 1.29 is 9.53 Å². The highest BCUT2D eigenvalue weighted by Crippen LogP contribution is 2.28. The average molecular weight is 338 g/mol. The van der Waals surface area contributed by atoms with E-state index in [4.69, 9.17) is 4.74 Å². The maximum absolute atomic E-state index is 12.6. The Balaban J connectivity index is 1.87. The molecular weight excluding hydrogens is 312 g/mol. The van der Waals surface area contributed by atoms with Gasteiger partial charge in [0.15, 0.2) is 0 Å². The third-order valence-corrected chi connectivity index (χ3v) is 4.25. The molecule has 1 aliphatic rings. The Bertz CT molecular complexity index is 722. The molecule has 0 bridgehead atoms. The molecule has 1 saturated heterocycles. The third kappa shape index (κ3) is 4.40. The van der Waals surface area contributed by atoms with Crippen LogP contribution in [0.4, 0.5) is 4.79 Å². The van der Waals surface area contributed by atoms with E-state index in [9.17, 15) is 4.79 Å². The SMILES string of the molecule is CC(C)(C)OC(=O)N1CCNCC1c1cccc(-c2ccccc2)c1. The van der Waals surface area contributed by atoms with Crippen LogP contribution in [0.25, 0.3) is 11.1 Å². The highest BCUT2D eigenvalue weighted by molar-refractivity contribution is 5.70. The van der Waals surface area contributed by atoms with Gasteiger partial charge in [0, 0.05) is 19.6 Å². The second-order valence-electron chi connectivity index (χ2n) is 7.39. The van der Waals surface area contributed by atoms with Crippen molar-refractivity contribution in [2.75, 3.05) is 19.6 Å². The fraction of sp³-hybridized carbons (Fsp3) is 0.381. The predicted octanol–water partition coefficient (Wildman–Crippen LogP) is 4.24. The number of hydrogen-bond donors (Lipinski definition) is 1. The molecule has 132 valence electrons. The second-order valence-corrected chi connectivity index (χ2v) is 7.39. The van der Waals surface area contributed by atoms with Gasteiger partial charge in [-0.15, -0.1) is 0 Å². The highest BCUT2D eigenvalue weighted by Gasteiger charge is 2.31. The summed E-state index contributed by atoms with van der Waals surface area (Å²) < 4.78 is 5.60. The summed E-state index contributed by atoms with van der Waals surface area (Å²) in [5, 5.41) is 3.39. The van der Waals surface area contributed by atoms with Crippen molar-refractivity contribution >= 4 is 6.09 Å². The molecule has 2 aromatic rings. The van der Waals surface area contributed by atoms with Gasteiger partial charge in [0.05, 0.1) is 6.04 Å². The van der Waals surface area contributed by atoms with E-state index in [0.717, 1.165) is 24.2 Å². The molecule has 2 aromatic carbocycles. The molecule has 1 atom stereocenters. The monoisotopic (exact) mass is 338 g/mol. The van der Waals surface area contributed by atoms with E-state index < -0.39 is 5.60 Å². The van der Waals surface area contributed by atoms with Gasteiger partial charge in [0.1, 0.15) is 5.60 Å². The van der Waals surface area contributed by atoms with Crippen molar-refractivity contribution in [3.05, 3.63) is 60.2 Å². The van der Waals surface area contributed by atoms with Crippen LogP contribution < -0.4 is 5.32 Å². The lowest BCUT2D eigenvalue weighted by molar-refractivity contribution is 0.0118. The topological polar surface area (TPSA) is 41.6 Å². The largest absolute Gasteiger partial charge is 0.444 e. The van der Waals surface area contributed by atoms with Crippen LogP contribution in [0.2, 0.25) is 0 Å². The summed E-state index contributed by atoms with van der Waals surface area (Å²) in [5.74, 6) is 0. The number of carbonyl (C=O) groups is 1. The first-order chi connectivity index (χ1) is 11.9. The number of rotatable bonds is 2. The molecule has 1 N–H and O–H groups in total. The summed E-state index contributed by atoms with van der Waals surface area (Å²) in [6, 6.07) is 18.7. The molecule has 1 amide bonds. The van der Waals surface area contributed by atoms with E-state index in [-0.39, 0.29) is 12.1 Å². The fourth-order valence-corrected chi connectivity index (χ4v) is 3.10. The average Bonchev–Trinajstić information content (AvgIpc) is 2.61. The van der Waals surface area contributed by atoms with Crippen LogP contribution >= 0.6 is 0 Å². The Kier molecular flexibility index (Phi) is 5.09. The molecule has 1 heterocycles. The maximum atomic E-state index is 12.6. The lowest BCUT2D eigenvalue weighted by Crippen LogP contribution is -2.50. The van der Waals surface area contributed by atoms with Gasteiger partial charge in [0.25, 0.3) is 0 Å². The lowest BCUT2D eigenvalue weighted by Gasteiger charge is -2.37. The van der Waals surface area contributed by atoms with Gasteiger partial charge >= 0.3 is 6.09 Å². The zero-order chi connectivity index (χ0) is 17.9. The van der Waals surface area contributed by atoms with Gasteiger partial charge in [0.2, 0.25) is 0 Å². The number of nitrogens with zero attached hydrogens (tertiary/aromatic N) is 1. The predicted molar refractivity (Wildman–Crippen MR) is 100 cm³/mol. The highest BCUT2D eigenvalue weighted by atomic mass is 16.6. The van der Waals surface area contributed by atoms with E-state index >= 15 is 0 Å². The minimum absolute atomic E-state index is 0.0211. The molecule has 3 rings (SSSR count). The molecule has 25 heavy (non-hydrogen) atoms. The zero-order valence-corrected chi connectivity index (χ0v) is 15.2. The maximum Gasteiger partial charge on any atom is 0.410 e. The summed E-state index contributed by atoms with van der Waals surface area (Å²) in [6.45, 7) is 7.87. The van der Waals surface area contributed by atoms with Gasteiger partial charge < -0.3 is 10.1 Å². The van der Waals surface area contributed by atoms with Crippen LogP contribution in [0, 0.1) is 0 Å². The number of hydrogen-bond acceptors (Lipinski definition) is 3. The molecule has 4 nitrogen and oxygen atoms in total. The minimum Gasteiger partial charge on any atom is -0.444 e. The first-order valence-electron chi connectivity index (χ1n) is 8.80. The number of piperazine rings is 1. The number of benzene rings is 2. The van der Waals surface area contributed by atoms with Gasteiger partial charge in [-0.1, -0.05) is 48.5 Å². The summed E-state index contributed by atoms with van der Waals surface area (Å²) in [4.78, 5) is 14.5. The fourth-order valence-electron chi connectivity index (χ4n) is 3.10. The Morgan fingerprint density at radius 3 is 2.52 bits per heavy atom. The van der Waals surface area contributed by atoms with Crippen LogP contribution in [0.5, 0.6) is 0 Å². The van der Waals surface area contributed by atoms with Crippen LogP contribution in [-0.2, 0) is 4.74 Å². The van der Waals surface area contributed by atoms with E-state index in [1.807, 2.05) is 43.9 Å². The lowest BCUT2D eigenvalue weighted by atomic mass is 9.98. The molecule has 0 spiro atoms. The van der Waals surface area contributed by atoms with Gasteiger partial charge in [-0.3, -0.25) is 4.90 Å². The van der Waals surface area contributed by atoms with Gasteiger partial charge in [-0.2, -0.15) is 0 Å². The van der Waals surface area contributed by atoms with E-state index in [0.29, 0.717) is 6.54 Å². The van der Waals surface area contributed by atoms with Crippen molar-refractivity contribution in [3.63, 3.8) is 0 Å². The molecule has 1 unspecified atom stereocenters. The number of nitrogens with one attached hydrogen (secondary N) is 1. The van der Waals surface area contributed by atoms with E-state index in [1.54, 1.807) is 0 Å². The summed E-state index contributed by atoms with van der Waals surface area (Å²) in [6.07, 6.45) is -0.246. The molecule has 0 saturated carbocycles. The van der Waals surface area contributed by atoms with Crippen molar-refractivity contribution in [3.8, 4) is 11.1 Å². The molecule has 0 aliphatic carbocycles. The Labute approximate surface area is 149 Å². The molecule has 0 aromatic heterocycles. The second kappa shape index (κ2) is 7.28. The van der Waals surface area contributed by atoms with Crippen LogP contribution in [0.3, 0.4) is 0 Å². The van der Waals surface area contributed by atoms with Crippen molar-refractivity contribution in [1.82, 2.24) is 10.2 Å². The third-order valence-electron chi connectivity index (χ3n) is 4.25. The number of ether oxygens (including phenoxy) is 1. The normalized spacial score (nSPS) is 18.0. The number of carbonyl (C=O) groups excluding carboxylic acids is 1. The molecule has 0 radical (unpaired) electrons. The van der Waals surface area contributed by atoms with Crippen molar-refractivity contribution in [1.29, 1.82) is 0 Å². The van der Waals surface area contributed by atoms with Crippen molar-refractivity contribution in [2.45, 2.75) is 32.4 Å². The smallest absolute Gasteiger partial charge is 0.410 e.